The van der Waals surface area contributed by atoms with E-state index in [0.717, 1.165) is 45.1 Å². The van der Waals surface area contributed by atoms with Crippen molar-refractivity contribution in [1.82, 2.24) is 4.90 Å². The van der Waals surface area contributed by atoms with Crippen LogP contribution in [0.1, 0.15) is 45.4 Å². The van der Waals surface area contributed by atoms with Crippen LogP contribution in [-0.2, 0) is 4.79 Å². The monoisotopic (exact) mass is 228 g/mol. The minimum atomic E-state index is -0.334. The molecule has 1 aliphatic heterocycles. The molecule has 1 heterocycles. The molecule has 3 N–H and O–H groups in total. The second kappa shape index (κ2) is 6.86. The van der Waals surface area contributed by atoms with Crippen LogP contribution in [0.5, 0.6) is 0 Å². The largest absolute Gasteiger partial charge is 0.396 e. The molecule has 4 heteroatoms. The van der Waals surface area contributed by atoms with Gasteiger partial charge >= 0.3 is 0 Å². The van der Waals surface area contributed by atoms with Gasteiger partial charge in [0, 0.05) is 19.2 Å². The van der Waals surface area contributed by atoms with Crippen LogP contribution in [0, 0.1) is 0 Å². The Hall–Kier alpha value is -0.610. The fraction of sp³-hybridized carbons (Fsp3) is 0.917. The summed E-state index contributed by atoms with van der Waals surface area (Å²) >= 11 is 0. The molecule has 0 aromatic heterocycles. The molecule has 1 amide bonds. The van der Waals surface area contributed by atoms with E-state index in [0.29, 0.717) is 6.04 Å². The number of carbonyl (C=O) groups excluding carboxylic acids is 1. The van der Waals surface area contributed by atoms with Gasteiger partial charge in [-0.15, -0.1) is 0 Å². The highest BCUT2D eigenvalue weighted by atomic mass is 16.3. The van der Waals surface area contributed by atoms with Crippen LogP contribution < -0.4 is 5.73 Å². The van der Waals surface area contributed by atoms with Gasteiger partial charge in [-0.25, -0.2) is 0 Å². The Morgan fingerprint density at radius 2 is 2.38 bits per heavy atom. The quantitative estimate of drug-likeness (QED) is 0.709. The van der Waals surface area contributed by atoms with Crippen molar-refractivity contribution in [3.8, 4) is 0 Å². The number of rotatable bonds is 6. The summed E-state index contributed by atoms with van der Waals surface area (Å²) in [6, 6.07) is -0.0257. The maximum Gasteiger partial charge on any atom is 0.239 e. The second-order valence-electron chi connectivity index (χ2n) is 4.59. The maximum absolute atomic E-state index is 12.0. The number of carbonyl (C=O) groups is 1. The Morgan fingerprint density at radius 1 is 1.62 bits per heavy atom. The summed E-state index contributed by atoms with van der Waals surface area (Å²) in [6.07, 6.45) is 5.52. The number of hydrogen-bond donors (Lipinski definition) is 2. The number of hydrogen-bond acceptors (Lipinski definition) is 3. The van der Waals surface area contributed by atoms with Crippen molar-refractivity contribution in [2.75, 3.05) is 13.2 Å². The van der Waals surface area contributed by atoms with Crippen molar-refractivity contribution < 1.29 is 9.90 Å². The van der Waals surface area contributed by atoms with E-state index in [-0.39, 0.29) is 18.6 Å². The van der Waals surface area contributed by atoms with E-state index in [1.807, 2.05) is 11.8 Å². The molecule has 0 spiro atoms. The first-order chi connectivity index (χ1) is 7.70. The standard InChI is InChI=1S/C12H24N2O2/c1-2-5-11(13)12(16)14-8-3-6-10(14)7-4-9-15/h10-11,15H,2-9,13H2,1H3/t10?,11-/m0/s1. The lowest BCUT2D eigenvalue weighted by Crippen LogP contribution is -2.45. The van der Waals surface area contributed by atoms with Gasteiger partial charge in [0.2, 0.25) is 5.91 Å². The SMILES string of the molecule is CCC[C@H](N)C(=O)N1CCCC1CCCO. The predicted octanol–water partition coefficient (Wildman–Crippen LogP) is 0.877. The molecule has 0 aromatic rings. The third-order valence-corrected chi connectivity index (χ3v) is 3.27. The number of nitrogens with zero attached hydrogens (tertiary/aromatic N) is 1. The summed E-state index contributed by atoms with van der Waals surface area (Å²) in [5.74, 6) is 0.0993. The van der Waals surface area contributed by atoms with Gasteiger partial charge in [0.25, 0.3) is 0 Å². The molecule has 1 rings (SSSR count). The van der Waals surface area contributed by atoms with Gasteiger partial charge in [0.05, 0.1) is 6.04 Å². The molecule has 1 saturated heterocycles. The van der Waals surface area contributed by atoms with E-state index in [9.17, 15) is 4.79 Å². The highest BCUT2D eigenvalue weighted by molar-refractivity contribution is 5.82. The molecule has 94 valence electrons. The molecule has 16 heavy (non-hydrogen) atoms. The zero-order chi connectivity index (χ0) is 12.0. The lowest BCUT2D eigenvalue weighted by atomic mass is 10.1. The Bertz CT molecular complexity index is 221. The zero-order valence-electron chi connectivity index (χ0n) is 10.2. The number of amides is 1. The van der Waals surface area contributed by atoms with E-state index in [1.165, 1.54) is 0 Å². The van der Waals surface area contributed by atoms with Gasteiger partial charge in [0.15, 0.2) is 0 Å². The van der Waals surface area contributed by atoms with Crippen molar-refractivity contribution >= 4 is 5.91 Å². The lowest BCUT2D eigenvalue weighted by molar-refractivity contribution is -0.133. The fourth-order valence-electron chi connectivity index (χ4n) is 2.40. The maximum atomic E-state index is 12.0. The molecule has 0 saturated carbocycles. The highest BCUT2D eigenvalue weighted by Gasteiger charge is 2.30. The van der Waals surface area contributed by atoms with Crippen LogP contribution in [0.25, 0.3) is 0 Å². The van der Waals surface area contributed by atoms with Gasteiger partial charge in [0.1, 0.15) is 0 Å². The normalized spacial score (nSPS) is 22.4. The van der Waals surface area contributed by atoms with Crippen LogP contribution in [0.15, 0.2) is 0 Å². The zero-order valence-corrected chi connectivity index (χ0v) is 10.2. The molecule has 1 fully saturated rings. The van der Waals surface area contributed by atoms with Gasteiger partial charge in [-0.1, -0.05) is 13.3 Å². The summed E-state index contributed by atoms with van der Waals surface area (Å²) in [7, 11) is 0. The lowest BCUT2D eigenvalue weighted by Gasteiger charge is -2.27. The molecular formula is C12H24N2O2. The Kier molecular flexibility index (Phi) is 5.77. The molecule has 4 nitrogen and oxygen atoms in total. The first-order valence-corrected chi connectivity index (χ1v) is 6.37. The van der Waals surface area contributed by atoms with Gasteiger partial charge in [-0.05, 0) is 32.1 Å². The molecule has 0 aliphatic carbocycles. The highest BCUT2D eigenvalue weighted by Crippen LogP contribution is 2.22. The van der Waals surface area contributed by atoms with E-state index in [1.54, 1.807) is 0 Å². The number of nitrogens with two attached hydrogens (primary N) is 1. The predicted molar refractivity (Wildman–Crippen MR) is 63.9 cm³/mol. The van der Waals surface area contributed by atoms with Crippen molar-refractivity contribution in [1.29, 1.82) is 0 Å². The summed E-state index contributed by atoms with van der Waals surface area (Å²) in [6.45, 7) is 3.09. The molecule has 1 aliphatic rings. The molecule has 0 bridgehead atoms. The topological polar surface area (TPSA) is 66.6 Å². The van der Waals surface area contributed by atoms with Gasteiger partial charge in [-0.3, -0.25) is 4.79 Å². The van der Waals surface area contributed by atoms with Crippen molar-refractivity contribution in [2.24, 2.45) is 5.73 Å². The van der Waals surface area contributed by atoms with Crippen LogP contribution >= 0.6 is 0 Å². The van der Waals surface area contributed by atoms with Crippen LogP contribution in [0.2, 0.25) is 0 Å². The minimum Gasteiger partial charge on any atom is -0.396 e. The van der Waals surface area contributed by atoms with Crippen molar-refractivity contribution in [3.05, 3.63) is 0 Å². The second-order valence-corrected chi connectivity index (χ2v) is 4.59. The fourth-order valence-corrected chi connectivity index (χ4v) is 2.40. The first kappa shape index (κ1) is 13.5. The van der Waals surface area contributed by atoms with Crippen LogP contribution in [0.3, 0.4) is 0 Å². The van der Waals surface area contributed by atoms with E-state index in [4.69, 9.17) is 10.8 Å². The number of likely N-dealkylation sites (tertiary alicyclic amines) is 1. The van der Waals surface area contributed by atoms with Gasteiger partial charge in [-0.2, -0.15) is 0 Å². The molecular weight excluding hydrogens is 204 g/mol. The summed E-state index contributed by atoms with van der Waals surface area (Å²) < 4.78 is 0. The van der Waals surface area contributed by atoms with Crippen molar-refractivity contribution in [3.63, 3.8) is 0 Å². The van der Waals surface area contributed by atoms with Gasteiger partial charge < -0.3 is 15.7 Å². The van der Waals surface area contributed by atoms with Crippen LogP contribution in [0.4, 0.5) is 0 Å². The van der Waals surface area contributed by atoms with E-state index >= 15 is 0 Å². The average molecular weight is 228 g/mol. The average Bonchev–Trinajstić information content (AvgIpc) is 2.73. The third kappa shape index (κ3) is 3.46. The minimum absolute atomic E-state index is 0.0993. The molecule has 2 atom stereocenters. The van der Waals surface area contributed by atoms with Crippen molar-refractivity contribution in [2.45, 2.75) is 57.5 Å². The Balaban J connectivity index is 2.46. The Labute approximate surface area is 97.8 Å². The Morgan fingerprint density at radius 3 is 3.00 bits per heavy atom. The summed E-state index contributed by atoms with van der Waals surface area (Å²) in [5, 5.41) is 8.82. The number of aliphatic hydroxyl groups excluding tert-OH is 1. The van der Waals surface area contributed by atoms with E-state index < -0.39 is 0 Å². The molecule has 0 aromatic carbocycles. The smallest absolute Gasteiger partial charge is 0.239 e. The van der Waals surface area contributed by atoms with Crippen LogP contribution in [-0.4, -0.2) is 41.1 Å². The summed E-state index contributed by atoms with van der Waals surface area (Å²) in [5.41, 5.74) is 5.86. The molecule has 0 radical (unpaired) electrons. The number of aliphatic hydroxyl groups is 1. The van der Waals surface area contributed by atoms with E-state index in [2.05, 4.69) is 0 Å². The first-order valence-electron chi connectivity index (χ1n) is 6.37. The molecule has 1 unspecified atom stereocenters. The summed E-state index contributed by atoms with van der Waals surface area (Å²) in [4.78, 5) is 14.0. The third-order valence-electron chi connectivity index (χ3n) is 3.27.